The number of carbonyl (C=O) groups excluding carboxylic acids is 2. The molecule has 0 saturated heterocycles. The van der Waals surface area contributed by atoms with E-state index in [4.69, 9.17) is 17.3 Å². The van der Waals surface area contributed by atoms with Crippen LogP contribution in [-0.4, -0.2) is 11.8 Å². The van der Waals surface area contributed by atoms with Gasteiger partial charge in [-0.25, -0.2) is 4.39 Å². The zero-order valence-corrected chi connectivity index (χ0v) is 13.0. The van der Waals surface area contributed by atoms with Crippen molar-refractivity contribution in [1.82, 2.24) is 0 Å². The Morgan fingerprint density at radius 2 is 2.05 bits per heavy atom. The van der Waals surface area contributed by atoms with E-state index >= 15 is 0 Å². The second-order valence-corrected chi connectivity index (χ2v) is 6.49. The standard InChI is InChI=1S/C15H12ClFN2O2S/c16-8-4-2-5-9(17)12(8)14(21)19-15-11(13(18)20)7-3-1-6-10(7)22-15/h2,4-5H,1,3,6H2,(H2,18,20)(H,19,21). The van der Waals surface area contributed by atoms with E-state index in [1.54, 1.807) is 0 Å². The van der Waals surface area contributed by atoms with Gasteiger partial charge < -0.3 is 11.1 Å². The lowest BCUT2D eigenvalue weighted by atomic mass is 10.1. The Labute approximate surface area is 135 Å². The van der Waals surface area contributed by atoms with Crippen LogP contribution in [0.4, 0.5) is 9.39 Å². The Morgan fingerprint density at radius 1 is 1.27 bits per heavy atom. The van der Waals surface area contributed by atoms with E-state index in [9.17, 15) is 14.0 Å². The van der Waals surface area contributed by atoms with Crippen molar-refractivity contribution in [2.45, 2.75) is 19.3 Å². The highest BCUT2D eigenvalue weighted by molar-refractivity contribution is 7.17. The predicted molar refractivity (Wildman–Crippen MR) is 84.2 cm³/mol. The number of hydrogen-bond acceptors (Lipinski definition) is 3. The van der Waals surface area contributed by atoms with Gasteiger partial charge in [0, 0.05) is 4.88 Å². The molecule has 0 bridgehead atoms. The number of carbonyl (C=O) groups is 2. The summed E-state index contributed by atoms with van der Waals surface area (Å²) < 4.78 is 13.8. The molecule has 114 valence electrons. The summed E-state index contributed by atoms with van der Waals surface area (Å²) in [6, 6.07) is 4.01. The molecular formula is C15H12ClFN2O2S. The predicted octanol–water partition coefficient (Wildman–Crippen LogP) is 3.38. The molecule has 1 aliphatic rings. The second kappa shape index (κ2) is 5.70. The Kier molecular flexibility index (Phi) is 3.88. The Hall–Kier alpha value is -1.92. The molecule has 0 fully saturated rings. The molecule has 0 atom stereocenters. The molecule has 3 rings (SSSR count). The van der Waals surface area contributed by atoms with E-state index in [-0.39, 0.29) is 10.6 Å². The van der Waals surface area contributed by atoms with Crippen LogP contribution in [0.15, 0.2) is 18.2 Å². The number of anilines is 1. The number of amides is 2. The van der Waals surface area contributed by atoms with Crippen molar-refractivity contribution in [2.75, 3.05) is 5.32 Å². The van der Waals surface area contributed by atoms with Crippen molar-refractivity contribution >= 4 is 39.8 Å². The molecule has 0 spiro atoms. The van der Waals surface area contributed by atoms with Crippen LogP contribution >= 0.6 is 22.9 Å². The summed E-state index contributed by atoms with van der Waals surface area (Å²) in [4.78, 5) is 25.0. The molecule has 1 aromatic carbocycles. The van der Waals surface area contributed by atoms with Gasteiger partial charge in [-0.15, -0.1) is 11.3 Å². The van der Waals surface area contributed by atoms with Crippen molar-refractivity contribution in [3.05, 3.63) is 50.6 Å². The Balaban J connectivity index is 1.97. The monoisotopic (exact) mass is 338 g/mol. The average Bonchev–Trinajstić information content (AvgIpc) is 2.97. The fraction of sp³-hybridized carbons (Fsp3) is 0.200. The van der Waals surface area contributed by atoms with Crippen molar-refractivity contribution in [2.24, 2.45) is 5.73 Å². The first-order valence-electron chi connectivity index (χ1n) is 6.68. The number of thiophene rings is 1. The van der Waals surface area contributed by atoms with Gasteiger partial charge in [-0.3, -0.25) is 9.59 Å². The van der Waals surface area contributed by atoms with Crippen LogP contribution in [0, 0.1) is 5.82 Å². The van der Waals surface area contributed by atoms with Gasteiger partial charge in [0.2, 0.25) is 0 Å². The highest BCUT2D eigenvalue weighted by Gasteiger charge is 2.27. The molecule has 4 nitrogen and oxygen atoms in total. The number of fused-ring (bicyclic) bond motifs is 1. The maximum absolute atomic E-state index is 13.8. The molecular weight excluding hydrogens is 327 g/mol. The molecule has 3 N–H and O–H groups in total. The summed E-state index contributed by atoms with van der Waals surface area (Å²) in [5, 5.41) is 2.95. The highest BCUT2D eigenvalue weighted by Crippen LogP contribution is 2.39. The molecule has 7 heteroatoms. The van der Waals surface area contributed by atoms with Crippen molar-refractivity contribution in [3.63, 3.8) is 0 Å². The van der Waals surface area contributed by atoms with Gasteiger partial charge in [0.1, 0.15) is 10.8 Å². The quantitative estimate of drug-likeness (QED) is 0.900. The first-order chi connectivity index (χ1) is 10.5. The fourth-order valence-corrected chi connectivity index (χ4v) is 4.17. The summed E-state index contributed by atoms with van der Waals surface area (Å²) >= 11 is 7.19. The SMILES string of the molecule is NC(=O)c1c(NC(=O)c2c(F)cccc2Cl)sc2c1CCC2. The summed E-state index contributed by atoms with van der Waals surface area (Å²) in [6.07, 6.45) is 2.59. The van der Waals surface area contributed by atoms with Gasteiger partial charge in [0.15, 0.2) is 0 Å². The summed E-state index contributed by atoms with van der Waals surface area (Å²) in [6.45, 7) is 0. The lowest BCUT2D eigenvalue weighted by Gasteiger charge is -2.08. The molecule has 0 radical (unpaired) electrons. The number of nitrogens with one attached hydrogen (secondary N) is 1. The Bertz CT molecular complexity index is 768. The molecule has 0 aliphatic heterocycles. The summed E-state index contributed by atoms with van der Waals surface area (Å²) in [5.74, 6) is -1.99. The van der Waals surface area contributed by atoms with Crippen LogP contribution in [-0.2, 0) is 12.8 Å². The molecule has 1 heterocycles. The van der Waals surface area contributed by atoms with Crippen molar-refractivity contribution in [3.8, 4) is 0 Å². The van der Waals surface area contributed by atoms with Crippen LogP contribution < -0.4 is 11.1 Å². The summed E-state index contributed by atoms with van der Waals surface area (Å²) in [7, 11) is 0. The first-order valence-corrected chi connectivity index (χ1v) is 7.88. The van der Waals surface area contributed by atoms with Gasteiger partial charge in [-0.2, -0.15) is 0 Å². The first kappa shape index (κ1) is 15.0. The molecule has 1 aromatic heterocycles. The molecule has 1 aliphatic carbocycles. The normalized spacial score (nSPS) is 13.0. The molecule has 0 unspecified atom stereocenters. The number of halogens is 2. The summed E-state index contributed by atoms with van der Waals surface area (Å²) in [5.41, 5.74) is 6.41. The van der Waals surface area contributed by atoms with Gasteiger partial charge in [-0.1, -0.05) is 17.7 Å². The minimum atomic E-state index is -0.713. The smallest absolute Gasteiger partial charge is 0.260 e. The Morgan fingerprint density at radius 3 is 2.73 bits per heavy atom. The van der Waals surface area contributed by atoms with Crippen molar-refractivity contribution in [1.29, 1.82) is 0 Å². The van der Waals surface area contributed by atoms with Crippen LogP contribution in [0.2, 0.25) is 5.02 Å². The van der Waals surface area contributed by atoms with E-state index in [1.165, 1.54) is 23.5 Å². The molecule has 2 aromatic rings. The van der Waals surface area contributed by atoms with E-state index in [0.717, 1.165) is 35.8 Å². The van der Waals surface area contributed by atoms with Crippen LogP contribution in [0.1, 0.15) is 37.6 Å². The van der Waals surface area contributed by atoms with Crippen LogP contribution in [0.5, 0.6) is 0 Å². The maximum atomic E-state index is 13.8. The largest absolute Gasteiger partial charge is 0.365 e. The topological polar surface area (TPSA) is 72.2 Å². The van der Waals surface area contributed by atoms with E-state index < -0.39 is 17.6 Å². The lowest BCUT2D eigenvalue weighted by Crippen LogP contribution is -2.18. The minimum Gasteiger partial charge on any atom is -0.365 e. The third-order valence-corrected chi connectivity index (χ3v) is 5.11. The number of primary amides is 1. The van der Waals surface area contributed by atoms with Crippen LogP contribution in [0.3, 0.4) is 0 Å². The van der Waals surface area contributed by atoms with Gasteiger partial charge in [-0.05, 0) is 37.0 Å². The number of rotatable bonds is 3. The second-order valence-electron chi connectivity index (χ2n) is 4.98. The van der Waals surface area contributed by atoms with Gasteiger partial charge >= 0.3 is 0 Å². The molecule has 0 saturated carbocycles. The average molecular weight is 339 g/mol. The molecule has 2 amide bonds. The third kappa shape index (κ3) is 2.48. The van der Waals surface area contributed by atoms with Crippen LogP contribution in [0.25, 0.3) is 0 Å². The highest BCUT2D eigenvalue weighted by atomic mass is 35.5. The van der Waals surface area contributed by atoms with Gasteiger partial charge in [0.25, 0.3) is 11.8 Å². The third-order valence-electron chi connectivity index (χ3n) is 3.58. The number of benzene rings is 1. The zero-order chi connectivity index (χ0) is 15.9. The zero-order valence-electron chi connectivity index (χ0n) is 11.4. The number of nitrogens with two attached hydrogens (primary N) is 1. The lowest BCUT2D eigenvalue weighted by molar-refractivity contribution is 0.100. The van der Waals surface area contributed by atoms with Gasteiger partial charge in [0.05, 0.1) is 16.1 Å². The minimum absolute atomic E-state index is 0.0159. The molecule has 22 heavy (non-hydrogen) atoms. The fourth-order valence-electron chi connectivity index (χ4n) is 2.63. The van der Waals surface area contributed by atoms with E-state index in [0.29, 0.717) is 10.6 Å². The van der Waals surface area contributed by atoms with Crippen molar-refractivity contribution < 1.29 is 14.0 Å². The number of hydrogen-bond donors (Lipinski definition) is 2. The number of aryl methyl sites for hydroxylation is 1. The van der Waals surface area contributed by atoms with E-state index in [1.807, 2.05) is 0 Å². The maximum Gasteiger partial charge on any atom is 0.260 e. The van der Waals surface area contributed by atoms with E-state index in [2.05, 4.69) is 5.32 Å².